The second-order valence-corrected chi connectivity index (χ2v) is 8.34. The van der Waals surface area contributed by atoms with E-state index in [4.69, 9.17) is 16.3 Å². The van der Waals surface area contributed by atoms with Gasteiger partial charge in [0.1, 0.15) is 11.3 Å². The second-order valence-electron chi connectivity index (χ2n) is 7.91. The predicted molar refractivity (Wildman–Crippen MR) is 111 cm³/mol. The van der Waals surface area contributed by atoms with Gasteiger partial charge in [-0.2, -0.15) is 0 Å². The number of methoxy groups -OCH3 is 1. The molecule has 2 fully saturated rings. The second kappa shape index (κ2) is 6.75. The summed E-state index contributed by atoms with van der Waals surface area (Å²) in [5, 5.41) is 6.57. The van der Waals surface area contributed by atoms with Crippen LogP contribution in [0.15, 0.2) is 42.5 Å². The molecule has 2 saturated heterocycles. The molecule has 0 bridgehead atoms. The molecule has 3 aliphatic rings. The largest absolute Gasteiger partial charge is 0.497 e. The first-order valence-electron chi connectivity index (χ1n) is 9.87. The highest BCUT2D eigenvalue weighted by atomic mass is 35.5. The van der Waals surface area contributed by atoms with Crippen LogP contribution in [0.2, 0.25) is 5.02 Å². The molecule has 7 heteroatoms. The van der Waals surface area contributed by atoms with Crippen molar-refractivity contribution in [1.82, 2.24) is 4.90 Å². The summed E-state index contributed by atoms with van der Waals surface area (Å²) >= 11 is 6.29. The highest BCUT2D eigenvalue weighted by Crippen LogP contribution is 2.55. The summed E-state index contributed by atoms with van der Waals surface area (Å²) in [6.45, 7) is 0.802. The van der Waals surface area contributed by atoms with Gasteiger partial charge in [0.2, 0.25) is 11.8 Å². The number of rotatable bonds is 3. The Balaban J connectivity index is 1.55. The first kappa shape index (κ1) is 18.5. The Morgan fingerprint density at radius 2 is 2.07 bits per heavy atom. The van der Waals surface area contributed by atoms with Crippen LogP contribution in [0, 0.1) is 5.92 Å². The summed E-state index contributed by atoms with van der Waals surface area (Å²) in [6, 6.07) is 12.9. The van der Waals surface area contributed by atoms with Gasteiger partial charge in [-0.05, 0) is 68.3 Å². The third-order valence-electron chi connectivity index (χ3n) is 6.50. The summed E-state index contributed by atoms with van der Waals surface area (Å²) in [5.41, 5.74) is 1.24. The number of nitrogens with zero attached hydrogens (tertiary/aromatic N) is 1. The Morgan fingerprint density at radius 3 is 2.83 bits per heavy atom. The third kappa shape index (κ3) is 2.66. The number of hydrogen-bond donors (Lipinski definition) is 2. The summed E-state index contributed by atoms with van der Waals surface area (Å²) in [6.07, 6.45) is 2.68. The molecule has 0 unspecified atom stereocenters. The summed E-state index contributed by atoms with van der Waals surface area (Å²) in [7, 11) is 1.60. The van der Waals surface area contributed by atoms with Gasteiger partial charge in [-0.15, -0.1) is 0 Å². The maximum atomic E-state index is 13.4. The van der Waals surface area contributed by atoms with E-state index in [0.717, 1.165) is 36.4 Å². The van der Waals surface area contributed by atoms with Crippen LogP contribution in [0.4, 0.5) is 11.4 Å². The normalized spacial score (nSPS) is 27.6. The maximum Gasteiger partial charge on any atom is 0.250 e. The van der Waals surface area contributed by atoms with Crippen LogP contribution in [-0.2, 0) is 15.1 Å². The van der Waals surface area contributed by atoms with Crippen molar-refractivity contribution >= 4 is 34.8 Å². The van der Waals surface area contributed by atoms with Gasteiger partial charge in [-0.3, -0.25) is 14.5 Å². The van der Waals surface area contributed by atoms with E-state index in [1.807, 2.05) is 12.1 Å². The summed E-state index contributed by atoms with van der Waals surface area (Å²) < 4.78 is 5.18. The van der Waals surface area contributed by atoms with Gasteiger partial charge < -0.3 is 15.4 Å². The maximum absolute atomic E-state index is 13.4. The average molecular weight is 412 g/mol. The fourth-order valence-electron chi connectivity index (χ4n) is 5.30. The van der Waals surface area contributed by atoms with Crippen molar-refractivity contribution in [3.63, 3.8) is 0 Å². The molecule has 5 rings (SSSR count). The molecule has 3 aliphatic heterocycles. The fraction of sp³-hybridized carbons (Fsp3) is 0.364. The Morgan fingerprint density at radius 1 is 1.28 bits per heavy atom. The topological polar surface area (TPSA) is 70.7 Å². The van der Waals surface area contributed by atoms with E-state index in [1.165, 1.54) is 0 Å². The number of hydrogen-bond acceptors (Lipinski definition) is 4. The molecule has 2 aromatic carbocycles. The van der Waals surface area contributed by atoms with Crippen molar-refractivity contribution in [3.8, 4) is 5.75 Å². The smallest absolute Gasteiger partial charge is 0.250 e. The molecule has 2 amide bonds. The van der Waals surface area contributed by atoms with Crippen molar-refractivity contribution in [2.24, 2.45) is 5.92 Å². The molecule has 150 valence electrons. The molecule has 3 atom stereocenters. The zero-order chi connectivity index (χ0) is 20.2. The van der Waals surface area contributed by atoms with Gasteiger partial charge in [0, 0.05) is 28.0 Å². The van der Waals surface area contributed by atoms with E-state index >= 15 is 0 Å². The lowest BCUT2D eigenvalue weighted by Crippen LogP contribution is -2.53. The zero-order valence-corrected chi connectivity index (χ0v) is 16.8. The van der Waals surface area contributed by atoms with E-state index in [-0.39, 0.29) is 17.9 Å². The van der Waals surface area contributed by atoms with Gasteiger partial charge in [0.15, 0.2) is 0 Å². The van der Waals surface area contributed by atoms with Gasteiger partial charge in [-0.25, -0.2) is 0 Å². The SMILES string of the molecule is COc1ccc(NC(=O)[C@@H]2C[C@@H]3CCCN3[C@]23C(=O)Nc2ccc(Cl)cc23)cc1. The molecule has 3 heterocycles. The number of nitrogens with one attached hydrogen (secondary N) is 2. The number of anilines is 2. The standard InChI is InChI=1S/C22H22ClN3O3/c1-29-16-7-5-14(6-8-16)24-20(27)18-12-15-3-2-10-26(15)22(18)17-11-13(23)4-9-19(17)25-21(22)28/h4-9,11,15,18H,2-3,10,12H2,1H3,(H,24,27)(H,25,28)/t15-,18-,22-/m0/s1. The predicted octanol–water partition coefficient (Wildman–Crippen LogP) is 3.62. The molecule has 0 aromatic heterocycles. The third-order valence-corrected chi connectivity index (χ3v) is 6.74. The summed E-state index contributed by atoms with van der Waals surface area (Å²) in [4.78, 5) is 29.0. The van der Waals surface area contributed by atoms with Crippen molar-refractivity contribution in [3.05, 3.63) is 53.1 Å². The van der Waals surface area contributed by atoms with E-state index in [1.54, 1.807) is 37.4 Å². The lowest BCUT2D eigenvalue weighted by molar-refractivity contribution is -0.135. The Hall–Kier alpha value is -2.57. The monoisotopic (exact) mass is 411 g/mol. The van der Waals surface area contributed by atoms with Crippen LogP contribution in [-0.4, -0.2) is 36.4 Å². The lowest BCUT2D eigenvalue weighted by atomic mass is 9.78. The minimum Gasteiger partial charge on any atom is -0.497 e. The number of carbonyl (C=O) groups excluding carboxylic acids is 2. The molecule has 2 N–H and O–H groups in total. The molecular weight excluding hydrogens is 390 g/mol. The highest BCUT2D eigenvalue weighted by molar-refractivity contribution is 6.31. The number of fused-ring (bicyclic) bond motifs is 4. The molecule has 0 aliphatic carbocycles. The molecule has 0 saturated carbocycles. The first-order chi connectivity index (χ1) is 14.0. The van der Waals surface area contributed by atoms with Crippen LogP contribution in [0.25, 0.3) is 0 Å². The van der Waals surface area contributed by atoms with Crippen molar-refractivity contribution in [2.75, 3.05) is 24.3 Å². The molecule has 1 spiro atoms. The number of amides is 2. The molecule has 2 aromatic rings. The van der Waals surface area contributed by atoms with E-state index in [9.17, 15) is 9.59 Å². The van der Waals surface area contributed by atoms with Crippen LogP contribution < -0.4 is 15.4 Å². The lowest BCUT2D eigenvalue weighted by Gasteiger charge is -2.36. The Bertz CT molecular complexity index is 993. The van der Waals surface area contributed by atoms with Crippen LogP contribution in [0.1, 0.15) is 24.8 Å². The van der Waals surface area contributed by atoms with Gasteiger partial charge in [0.05, 0.1) is 13.0 Å². The van der Waals surface area contributed by atoms with E-state index < -0.39 is 11.5 Å². The number of benzene rings is 2. The van der Waals surface area contributed by atoms with E-state index in [2.05, 4.69) is 15.5 Å². The average Bonchev–Trinajstić information content (AvgIpc) is 3.37. The van der Waals surface area contributed by atoms with Crippen LogP contribution in [0.3, 0.4) is 0 Å². The van der Waals surface area contributed by atoms with Gasteiger partial charge in [0.25, 0.3) is 0 Å². The molecule has 29 heavy (non-hydrogen) atoms. The summed E-state index contributed by atoms with van der Waals surface area (Å²) in [5.74, 6) is -0.0454. The number of ether oxygens (including phenoxy) is 1. The quantitative estimate of drug-likeness (QED) is 0.809. The number of halogens is 1. The molecular formula is C22H22ClN3O3. The van der Waals surface area contributed by atoms with Gasteiger partial charge in [-0.1, -0.05) is 11.6 Å². The van der Waals surface area contributed by atoms with E-state index in [0.29, 0.717) is 17.1 Å². The Labute approximate surface area is 174 Å². The molecule has 0 radical (unpaired) electrons. The zero-order valence-electron chi connectivity index (χ0n) is 16.1. The Kier molecular flexibility index (Phi) is 4.29. The van der Waals surface area contributed by atoms with Gasteiger partial charge >= 0.3 is 0 Å². The fourth-order valence-corrected chi connectivity index (χ4v) is 5.47. The van der Waals surface area contributed by atoms with Crippen LogP contribution in [0.5, 0.6) is 5.75 Å². The first-order valence-corrected chi connectivity index (χ1v) is 10.2. The van der Waals surface area contributed by atoms with Crippen molar-refractivity contribution < 1.29 is 14.3 Å². The number of carbonyl (C=O) groups is 2. The van der Waals surface area contributed by atoms with Crippen LogP contribution >= 0.6 is 11.6 Å². The van der Waals surface area contributed by atoms with Crippen molar-refractivity contribution in [1.29, 1.82) is 0 Å². The minimum absolute atomic E-state index is 0.131. The molecule has 6 nitrogen and oxygen atoms in total. The van der Waals surface area contributed by atoms with Crippen molar-refractivity contribution in [2.45, 2.75) is 30.8 Å². The minimum atomic E-state index is -1.00. The highest BCUT2D eigenvalue weighted by Gasteiger charge is 2.65.